The van der Waals surface area contributed by atoms with Gasteiger partial charge in [0.05, 0.1) is 6.61 Å². The van der Waals surface area contributed by atoms with Crippen molar-refractivity contribution in [3.8, 4) is 0 Å². The van der Waals surface area contributed by atoms with Crippen LogP contribution in [0.1, 0.15) is 13.8 Å². The maximum atomic E-state index is 12.0. The molecule has 114 valence electrons. The van der Waals surface area contributed by atoms with E-state index in [1.165, 1.54) is 0 Å². The molecule has 6 heteroatoms. The summed E-state index contributed by atoms with van der Waals surface area (Å²) in [5.74, 6) is -0.269. The number of carbonyl (C=O) groups is 2. The average Bonchev–Trinajstić information content (AvgIpc) is 2.50. The van der Waals surface area contributed by atoms with Gasteiger partial charge in [-0.1, -0.05) is 13.8 Å². The van der Waals surface area contributed by atoms with Crippen LogP contribution in [-0.4, -0.2) is 37.6 Å². The fourth-order valence-corrected chi connectivity index (χ4v) is 1.88. The maximum Gasteiger partial charge on any atom is 0.254 e. The summed E-state index contributed by atoms with van der Waals surface area (Å²) < 4.78 is 5.38. The molecule has 0 aromatic heterocycles. The van der Waals surface area contributed by atoms with Crippen LogP contribution in [0.5, 0.6) is 0 Å². The average molecular weight is 291 g/mol. The third-order valence-corrected chi connectivity index (χ3v) is 3.16. The molecule has 0 radical (unpaired) electrons. The summed E-state index contributed by atoms with van der Waals surface area (Å²) in [7, 11) is 0. The van der Waals surface area contributed by atoms with Crippen molar-refractivity contribution in [1.29, 1.82) is 0 Å². The molecule has 1 atom stereocenters. The molecular formula is C15H21N3O3. The van der Waals surface area contributed by atoms with E-state index >= 15 is 0 Å². The van der Waals surface area contributed by atoms with Crippen LogP contribution in [0.3, 0.4) is 0 Å². The molecule has 21 heavy (non-hydrogen) atoms. The Morgan fingerprint density at radius 2 is 1.81 bits per heavy atom. The fraction of sp³-hybridized carbons (Fsp3) is 0.467. The van der Waals surface area contributed by atoms with E-state index < -0.39 is 6.10 Å². The second kappa shape index (κ2) is 7.19. The normalized spacial score (nSPS) is 18.3. The van der Waals surface area contributed by atoms with Gasteiger partial charge < -0.3 is 20.7 Å². The fourth-order valence-electron chi connectivity index (χ4n) is 1.88. The zero-order valence-corrected chi connectivity index (χ0v) is 12.3. The predicted molar refractivity (Wildman–Crippen MR) is 81.1 cm³/mol. The number of nitrogens with one attached hydrogen (secondary N) is 3. The van der Waals surface area contributed by atoms with Crippen LogP contribution in [0.2, 0.25) is 0 Å². The highest BCUT2D eigenvalue weighted by molar-refractivity contribution is 5.95. The lowest BCUT2D eigenvalue weighted by molar-refractivity contribution is -0.128. The zero-order chi connectivity index (χ0) is 15.2. The van der Waals surface area contributed by atoms with Crippen molar-refractivity contribution < 1.29 is 14.3 Å². The van der Waals surface area contributed by atoms with E-state index in [1.807, 2.05) is 13.8 Å². The lowest BCUT2D eigenvalue weighted by Gasteiger charge is -2.22. The second-order valence-corrected chi connectivity index (χ2v) is 5.27. The first kappa shape index (κ1) is 15.5. The molecule has 6 nitrogen and oxygen atoms in total. The Bertz CT molecular complexity index is 493. The molecule has 1 unspecified atom stereocenters. The van der Waals surface area contributed by atoms with Crippen molar-refractivity contribution in [3.05, 3.63) is 24.3 Å². The number of rotatable bonds is 4. The summed E-state index contributed by atoms with van der Waals surface area (Å²) in [4.78, 5) is 23.6. The van der Waals surface area contributed by atoms with Gasteiger partial charge in [-0.15, -0.1) is 0 Å². The van der Waals surface area contributed by atoms with E-state index in [9.17, 15) is 9.59 Å². The number of benzene rings is 1. The molecule has 3 N–H and O–H groups in total. The minimum atomic E-state index is -0.459. The van der Waals surface area contributed by atoms with E-state index in [0.717, 1.165) is 6.54 Å². The highest BCUT2D eigenvalue weighted by Gasteiger charge is 2.21. The van der Waals surface area contributed by atoms with E-state index in [-0.39, 0.29) is 17.7 Å². The van der Waals surface area contributed by atoms with E-state index in [1.54, 1.807) is 24.3 Å². The molecule has 2 rings (SSSR count). The third-order valence-electron chi connectivity index (χ3n) is 3.16. The van der Waals surface area contributed by atoms with E-state index in [0.29, 0.717) is 24.5 Å². The lowest BCUT2D eigenvalue weighted by Crippen LogP contribution is -2.45. The molecule has 1 heterocycles. The Labute approximate surface area is 124 Å². The first-order valence-corrected chi connectivity index (χ1v) is 7.10. The van der Waals surface area contributed by atoms with E-state index in [2.05, 4.69) is 16.0 Å². The number of morpholine rings is 1. The predicted octanol–water partition coefficient (Wildman–Crippen LogP) is 1.21. The summed E-state index contributed by atoms with van der Waals surface area (Å²) in [5, 5.41) is 8.71. The van der Waals surface area contributed by atoms with Crippen molar-refractivity contribution in [2.75, 3.05) is 30.3 Å². The van der Waals surface area contributed by atoms with Crippen molar-refractivity contribution in [2.45, 2.75) is 20.0 Å². The van der Waals surface area contributed by atoms with Gasteiger partial charge in [0.1, 0.15) is 6.10 Å². The largest absolute Gasteiger partial charge is 0.366 e. The number of ether oxygens (including phenoxy) is 1. The SMILES string of the molecule is CC(C)C(=O)Nc1ccc(NC(=O)C2CNCCO2)cc1. The van der Waals surface area contributed by atoms with Gasteiger partial charge in [0, 0.05) is 30.4 Å². The first-order valence-electron chi connectivity index (χ1n) is 7.10. The van der Waals surface area contributed by atoms with Crippen LogP contribution < -0.4 is 16.0 Å². The number of hydrogen-bond donors (Lipinski definition) is 3. The number of carbonyl (C=O) groups excluding carboxylic acids is 2. The summed E-state index contributed by atoms with van der Waals surface area (Å²) in [5.41, 5.74) is 1.39. The molecule has 0 bridgehead atoms. The minimum absolute atomic E-state index is 0.0338. The highest BCUT2D eigenvalue weighted by Crippen LogP contribution is 2.15. The van der Waals surface area contributed by atoms with Gasteiger partial charge in [-0.2, -0.15) is 0 Å². The molecule has 1 aromatic rings. The molecule has 0 saturated carbocycles. The second-order valence-electron chi connectivity index (χ2n) is 5.27. The molecule has 1 aliphatic heterocycles. The molecule has 1 aromatic carbocycles. The van der Waals surface area contributed by atoms with Crippen molar-refractivity contribution >= 4 is 23.2 Å². The van der Waals surface area contributed by atoms with Crippen molar-refractivity contribution in [2.24, 2.45) is 5.92 Å². The van der Waals surface area contributed by atoms with Crippen molar-refractivity contribution in [3.63, 3.8) is 0 Å². The molecule has 1 saturated heterocycles. The number of hydrogen-bond acceptors (Lipinski definition) is 4. The monoisotopic (exact) mass is 291 g/mol. The zero-order valence-electron chi connectivity index (χ0n) is 12.3. The highest BCUT2D eigenvalue weighted by atomic mass is 16.5. The van der Waals surface area contributed by atoms with Crippen LogP contribution in [0.15, 0.2) is 24.3 Å². The molecule has 1 aliphatic rings. The summed E-state index contributed by atoms with van der Waals surface area (Å²) in [6.07, 6.45) is -0.459. The standard InChI is InChI=1S/C15H21N3O3/c1-10(2)14(19)17-11-3-5-12(6-4-11)18-15(20)13-9-16-7-8-21-13/h3-6,10,13,16H,7-9H2,1-2H3,(H,17,19)(H,18,20). The summed E-state index contributed by atoms with van der Waals surface area (Å²) in [6, 6.07) is 7.03. The van der Waals surface area contributed by atoms with Gasteiger partial charge in [-0.3, -0.25) is 9.59 Å². The molecule has 2 amide bonds. The van der Waals surface area contributed by atoms with Crippen LogP contribution in [0, 0.1) is 5.92 Å². The van der Waals surface area contributed by atoms with Gasteiger partial charge in [0.25, 0.3) is 5.91 Å². The quantitative estimate of drug-likeness (QED) is 0.779. The Morgan fingerprint density at radius 1 is 1.19 bits per heavy atom. The van der Waals surface area contributed by atoms with Crippen LogP contribution >= 0.6 is 0 Å². The van der Waals surface area contributed by atoms with Crippen molar-refractivity contribution in [1.82, 2.24) is 5.32 Å². The number of anilines is 2. The van der Waals surface area contributed by atoms with Crippen LogP contribution in [-0.2, 0) is 14.3 Å². The molecule has 0 spiro atoms. The van der Waals surface area contributed by atoms with Gasteiger partial charge in [0.15, 0.2) is 0 Å². The van der Waals surface area contributed by atoms with Crippen LogP contribution in [0.4, 0.5) is 11.4 Å². The first-order chi connectivity index (χ1) is 10.1. The summed E-state index contributed by atoms with van der Waals surface area (Å²) in [6.45, 7) is 5.50. The topological polar surface area (TPSA) is 79.5 Å². The molecular weight excluding hydrogens is 270 g/mol. The van der Waals surface area contributed by atoms with Gasteiger partial charge in [-0.25, -0.2) is 0 Å². The molecule has 1 fully saturated rings. The van der Waals surface area contributed by atoms with Crippen LogP contribution in [0.25, 0.3) is 0 Å². The smallest absolute Gasteiger partial charge is 0.254 e. The Balaban J connectivity index is 1.89. The summed E-state index contributed by atoms with van der Waals surface area (Å²) >= 11 is 0. The third kappa shape index (κ3) is 4.54. The van der Waals surface area contributed by atoms with Gasteiger partial charge in [0.2, 0.25) is 5.91 Å². The van der Waals surface area contributed by atoms with Gasteiger partial charge >= 0.3 is 0 Å². The Kier molecular flexibility index (Phi) is 5.30. The van der Waals surface area contributed by atoms with Gasteiger partial charge in [-0.05, 0) is 24.3 Å². The van der Waals surface area contributed by atoms with E-state index in [4.69, 9.17) is 4.74 Å². The minimum Gasteiger partial charge on any atom is -0.366 e. The number of amides is 2. The molecule has 0 aliphatic carbocycles. The Hall–Kier alpha value is -1.92. The maximum absolute atomic E-state index is 12.0. The Morgan fingerprint density at radius 3 is 2.33 bits per heavy atom. The lowest BCUT2D eigenvalue weighted by atomic mass is 10.2.